The monoisotopic (exact) mass is 228 g/mol. The van der Waals surface area contributed by atoms with Crippen LogP contribution in [0, 0.1) is 0 Å². The summed E-state index contributed by atoms with van der Waals surface area (Å²) in [5.41, 5.74) is 6.29. The molecule has 0 rings (SSSR count). The SMILES string of the molecule is [NH]C(=O)OCCCI. The van der Waals surface area contributed by atoms with Crippen molar-refractivity contribution in [2.24, 2.45) is 0 Å². The normalized spacial score (nSPS) is 8.62. The van der Waals surface area contributed by atoms with Crippen molar-refractivity contribution < 1.29 is 9.53 Å². The molecular weight excluding hydrogens is 221 g/mol. The topological polar surface area (TPSA) is 50.1 Å². The van der Waals surface area contributed by atoms with E-state index < -0.39 is 6.09 Å². The lowest BCUT2D eigenvalue weighted by Gasteiger charge is -1.94. The molecule has 0 atom stereocenters. The second-order valence-corrected chi connectivity index (χ2v) is 2.26. The van der Waals surface area contributed by atoms with Crippen LogP contribution < -0.4 is 5.73 Å². The van der Waals surface area contributed by atoms with E-state index in [-0.39, 0.29) is 0 Å². The van der Waals surface area contributed by atoms with E-state index in [0.717, 1.165) is 10.8 Å². The summed E-state index contributed by atoms with van der Waals surface area (Å²) in [5, 5.41) is 0. The Morgan fingerprint density at radius 3 is 2.75 bits per heavy atom. The van der Waals surface area contributed by atoms with Gasteiger partial charge in [-0.05, 0) is 6.42 Å². The van der Waals surface area contributed by atoms with Gasteiger partial charge >= 0.3 is 6.09 Å². The van der Waals surface area contributed by atoms with E-state index >= 15 is 0 Å². The molecule has 3 nitrogen and oxygen atoms in total. The number of ether oxygens (including phenoxy) is 1. The Balaban J connectivity index is 2.82. The number of hydrogen-bond donors (Lipinski definition) is 0. The first-order chi connectivity index (χ1) is 3.77. The van der Waals surface area contributed by atoms with Crippen LogP contribution in [0.15, 0.2) is 0 Å². The van der Waals surface area contributed by atoms with Crippen LogP contribution >= 0.6 is 22.6 Å². The minimum atomic E-state index is -0.935. The first-order valence-corrected chi connectivity index (χ1v) is 3.74. The molecule has 1 radical (unpaired) electrons. The van der Waals surface area contributed by atoms with Gasteiger partial charge in [0.2, 0.25) is 0 Å². The van der Waals surface area contributed by atoms with Crippen molar-refractivity contribution in [2.45, 2.75) is 6.42 Å². The van der Waals surface area contributed by atoms with Gasteiger partial charge in [0.15, 0.2) is 0 Å². The van der Waals surface area contributed by atoms with Gasteiger partial charge in [-0.3, -0.25) is 0 Å². The van der Waals surface area contributed by atoms with Gasteiger partial charge in [-0.1, -0.05) is 22.6 Å². The van der Waals surface area contributed by atoms with Crippen molar-refractivity contribution in [3.8, 4) is 0 Å². The van der Waals surface area contributed by atoms with Gasteiger partial charge in [-0.25, -0.2) is 10.5 Å². The third-order valence-electron chi connectivity index (χ3n) is 0.511. The average molecular weight is 228 g/mol. The van der Waals surface area contributed by atoms with Crippen molar-refractivity contribution in [2.75, 3.05) is 11.0 Å². The minimum absolute atomic E-state index is 0.380. The Bertz CT molecular complexity index is 76.4. The molecule has 4 heteroatoms. The molecule has 0 aromatic heterocycles. The molecule has 0 saturated carbocycles. The fraction of sp³-hybridized carbons (Fsp3) is 0.750. The smallest absolute Gasteiger partial charge is 0.426 e. The van der Waals surface area contributed by atoms with Crippen LogP contribution in [-0.2, 0) is 4.74 Å². The summed E-state index contributed by atoms with van der Waals surface area (Å²) in [6.45, 7) is 0.380. The van der Waals surface area contributed by atoms with Crippen molar-refractivity contribution in [1.29, 1.82) is 0 Å². The Morgan fingerprint density at radius 2 is 2.38 bits per heavy atom. The summed E-state index contributed by atoms with van der Waals surface area (Å²) in [7, 11) is 0. The Hall–Kier alpha value is 0. The van der Waals surface area contributed by atoms with E-state index in [0.29, 0.717) is 6.61 Å². The van der Waals surface area contributed by atoms with Gasteiger partial charge in [0.05, 0.1) is 6.61 Å². The van der Waals surface area contributed by atoms with Crippen LogP contribution in [-0.4, -0.2) is 17.1 Å². The van der Waals surface area contributed by atoms with E-state index in [1.165, 1.54) is 0 Å². The highest BCUT2D eigenvalue weighted by Crippen LogP contribution is 1.88. The summed E-state index contributed by atoms with van der Waals surface area (Å²) in [4.78, 5) is 9.76. The van der Waals surface area contributed by atoms with Crippen molar-refractivity contribution >= 4 is 28.7 Å². The second kappa shape index (κ2) is 5.14. The average Bonchev–Trinajstić information content (AvgIpc) is 1.66. The van der Waals surface area contributed by atoms with Gasteiger partial charge in [-0.2, -0.15) is 0 Å². The molecular formula is C4H7INO2. The van der Waals surface area contributed by atoms with Crippen molar-refractivity contribution in [3.63, 3.8) is 0 Å². The van der Waals surface area contributed by atoms with Gasteiger partial charge < -0.3 is 4.74 Å². The van der Waals surface area contributed by atoms with E-state index in [4.69, 9.17) is 5.73 Å². The molecule has 0 aliphatic rings. The molecule has 47 valence electrons. The van der Waals surface area contributed by atoms with Crippen LogP contribution in [0.4, 0.5) is 4.79 Å². The Labute approximate surface area is 61.7 Å². The van der Waals surface area contributed by atoms with Gasteiger partial charge in [0.1, 0.15) is 0 Å². The molecule has 0 saturated heterocycles. The van der Waals surface area contributed by atoms with Crippen molar-refractivity contribution in [1.82, 2.24) is 5.73 Å². The van der Waals surface area contributed by atoms with Crippen LogP contribution in [0.3, 0.4) is 0 Å². The van der Waals surface area contributed by atoms with Crippen LogP contribution in [0.1, 0.15) is 6.42 Å². The predicted molar refractivity (Wildman–Crippen MR) is 37.9 cm³/mol. The standard InChI is InChI=1S/C4H7INO2/c5-2-1-3-8-4(6)7/h6H,1-3H2. The largest absolute Gasteiger partial charge is 0.448 e. The maximum Gasteiger partial charge on any atom is 0.426 e. The lowest BCUT2D eigenvalue weighted by atomic mass is 10.5. The van der Waals surface area contributed by atoms with E-state index in [1.807, 2.05) is 0 Å². The zero-order chi connectivity index (χ0) is 6.41. The fourth-order valence-electron chi connectivity index (χ4n) is 0.219. The number of rotatable bonds is 3. The van der Waals surface area contributed by atoms with Crippen LogP contribution in [0.2, 0.25) is 0 Å². The lowest BCUT2D eigenvalue weighted by molar-refractivity contribution is 0.155. The van der Waals surface area contributed by atoms with Crippen LogP contribution in [0.5, 0.6) is 0 Å². The highest BCUT2D eigenvalue weighted by molar-refractivity contribution is 14.1. The molecule has 0 bridgehead atoms. The third-order valence-corrected chi connectivity index (χ3v) is 1.27. The maximum absolute atomic E-state index is 9.76. The quantitative estimate of drug-likeness (QED) is 0.414. The highest BCUT2D eigenvalue weighted by atomic mass is 127. The molecule has 1 amide bonds. The van der Waals surface area contributed by atoms with Gasteiger partial charge in [-0.15, -0.1) is 0 Å². The maximum atomic E-state index is 9.76. The first-order valence-electron chi connectivity index (χ1n) is 2.21. The van der Waals surface area contributed by atoms with Gasteiger partial charge in [0, 0.05) is 4.43 Å². The van der Waals surface area contributed by atoms with E-state index in [9.17, 15) is 4.79 Å². The number of amides is 1. The molecule has 0 aromatic carbocycles. The summed E-state index contributed by atoms with van der Waals surface area (Å²) in [6.07, 6.45) is -0.0969. The molecule has 0 aliphatic heterocycles. The molecule has 0 aliphatic carbocycles. The number of nitrogens with one attached hydrogen (secondary N) is 1. The number of halogens is 1. The molecule has 0 spiro atoms. The summed E-state index contributed by atoms with van der Waals surface area (Å²) >= 11 is 2.18. The zero-order valence-electron chi connectivity index (χ0n) is 4.32. The molecule has 0 fully saturated rings. The Morgan fingerprint density at radius 1 is 1.75 bits per heavy atom. The highest BCUT2D eigenvalue weighted by Gasteiger charge is 1.90. The number of carbonyl (C=O) groups excluding carboxylic acids is 1. The summed E-state index contributed by atoms with van der Waals surface area (Å²) in [5.74, 6) is 0. The number of hydrogen-bond acceptors (Lipinski definition) is 2. The third kappa shape index (κ3) is 6.00. The fourth-order valence-corrected chi connectivity index (χ4v) is 0.531. The summed E-state index contributed by atoms with van der Waals surface area (Å²) < 4.78 is 5.27. The number of carbonyl (C=O) groups is 1. The summed E-state index contributed by atoms with van der Waals surface area (Å²) in [6, 6.07) is 0. The van der Waals surface area contributed by atoms with E-state index in [2.05, 4.69) is 27.3 Å². The molecule has 0 unspecified atom stereocenters. The van der Waals surface area contributed by atoms with Crippen LogP contribution in [0.25, 0.3) is 0 Å². The van der Waals surface area contributed by atoms with Gasteiger partial charge in [0.25, 0.3) is 0 Å². The first kappa shape index (κ1) is 8.00. The lowest BCUT2D eigenvalue weighted by Crippen LogP contribution is -2.03. The Kier molecular flexibility index (Phi) is 5.14. The van der Waals surface area contributed by atoms with E-state index in [1.54, 1.807) is 0 Å². The predicted octanol–water partition coefficient (Wildman–Crippen LogP) is 1.23. The van der Waals surface area contributed by atoms with Crippen molar-refractivity contribution in [3.05, 3.63) is 0 Å². The molecule has 0 heterocycles. The zero-order valence-corrected chi connectivity index (χ0v) is 6.47. The molecule has 8 heavy (non-hydrogen) atoms. The molecule has 0 aromatic rings. The molecule has 1 N–H and O–H groups in total. The number of alkyl halides is 1. The minimum Gasteiger partial charge on any atom is -0.448 e. The second-order valence-electron chi connectivity index (χ2n) is 1.18.